The zero-order valence-electron chi connectivity index (χ0n) is 26.1. The Morgan fingerprint density at radius 2 is 1.13 bits per heavy atom. The van der Waals surface area contributed by atoms with Gasteiger partial charge in [-0.05, 0) is 94.9 Å². The topological polar surface area (TPSA) is 18.5 Å². The molecule has 0 bridgehead atoms. The lowest BCUT2D eigenvalue weighted by atomic mass is 9.74. The summed E-state index contributed by atoms with van der Waals surface area (Å²) in [5, 5.41) is 3.81. The van der Waals surface area contributed by atoms with Crippen molar-refractivity contribution in [2.75, 3.05) is 15.1 Å². The van der Waals surface area contributed by atoms with Gasteiger partial charge >= 0.3 is 0 Å². The molecule has 0 radical (unpaired) electrons. The fraction of sp³-hybridized carbons (Fsp3) is 0.116. The molecular formula is C43H35N3. The maximum Gasteiger partial charge on any atom is 0.0534 e. The van der Waals surface area contributed by atoms with E-state index in [1.807, 2.05) is 0 Å². The van der Waals surface area contributed by atoms with Gasteiger partial charge in [0.15, 0.2) is 0 Å². The highest BCUT2D eigenvalue weighted by Gasteiger charge is 2.35. The van der Waals surface area contributed by atoms with Gasteiger partial charge in [0.05, 0.1) is 17.1 Å². The van der Waals surface area contributed by atoms with Crippen LogP contribution >= 0.6 is 0 Å². The summed E-state index contributed by atoms with van der Waals surface area (Å²) in [6, 6.07) is 40.0. The summed E-state index contributed by atoms with van der Waals surface area (Å²) in [7, 11) is 0. The zero-order valence-corrected chi connectivity index (χ0v) is 26.1. The normalized spacial score (nSPS) is 18.0. The van der Waals surface area contributed by atoms with Crippen molar-refractivity contribution in [1.29, 1.82) is 0 Å². The first-order chi connectivity index (χ1) is 22.6. The number of anilines is 7. The molecule has 0 saturated carbocycles. The molecule has 1 atom stereocenters. The van der Waals surface area contributed by atoms with Gasteiger partial charge in [0, 0.05) is 39.8 Å². The molecule has 222 valence electrons. The van der Waals surface area contributed by atoms with Crippen molar-refractivity contribution in [1.82, 2.24) is 0 Å². The van der Waals surface area contributed by atoms with Crippen LogP contribution in [0.15, 0.2) is 139 Å². The van der Waals surface area contributed by atoms with Gasteiger partial charge < -0.3 is 15.1 Å². The summed E-state index contributed by atoms with van der Waals surface area (Å²) < 4.78 is 0. The minimum Gasteiger partial charge on any atom is -0.355 e. The first-order valence-corrected chi connectivity index (χ1v) is 16.2. The van der Waals surface area contributed by atoms with Gasteiger partial charge in [-0.25, -0.2) is 0 Å². The predicted molar refractivity (Wildman–Crippen MR) is 195 cm³/mol. The number of benzene rings is 5. The average Bonchev–Trinajstić information content (AvgIpc) is 3.37. The van der Waals surface area contributed by atoms with Crippen LogP contribution in [0.3, 0.4) is 0 Å². The third-order valence-electron chi connectivity index (χ3n) is 10.1. The monoisotopic (exact) mass is 593 g/mol. The summed E-state index contributed by atoms with van der Waals surface area (Å²) in [6.07, 6.45) is 16.9. The van der Waals surface area contributed by atoms with E-state index < -0.39 is 0 Å². The van der Waals surface area contributed by atoms with Crippen LogP contribution in [0.4, 0.5) is 39.8 Å². The van der Waals surface area contributed by atoms with Crippen molar-refractivity contribution in [3.8, 4) is 0 Å². The molecule has 5 aromatic carbocycles. The standard InChI is InChI=1S/C43H35N3/c1-43(2)35-27-33(45-39-15-7-3-11-29(39)19-20-30-12-4-8-16-40(30)45)23-25-37(35)44-38-26-24-34(28-36(38)43)46-41-17-9-5-13-31(41)21-22-32-14-6-10-18-42(32)46/h3-13,15-28,32,44H,14H2,1-2H3. The first kappa shape index (κ1) is 26.8. The van der Waals surface area contributed by atoms with Crippen molar-refractivity contribution in [3.05, 3.63) is 167 Å². The van der Waals surface area contributed by atoms with Crippen LogP contribution in [0, 0.1) is 5.92 Å². The molecule has 9 rings (SSSR count). The van der Waals surface area contributed by atoms with Crippen LogP contribution < -0.4 is 15.1 Å². The second-order valence-corrected chi connectivity index (χ2v) is 13.1. The van der Waals surface area contributed by atoms with E-state index in [0.717, 1.165) is 17.8 Å². The second kappa shape index (κ2) is 10.3. The third kappa shape index (κ3) is 4.12. The SMILES string of the molecule is CC1(C)c2cc(N3C4=CC=CCC4C=Cc4ccccc43)ccc2Nc2ccc(N3c4ccccc4C=Cc4ccccc43)cc21. The average molecular weight is 594 g/mol. The molecule has 0 saturated heterocycles. The van der Waals surface area contributed by atoms with Crippen molar-refractivity contribution in [3.63, 3.8) is 0 Å². The molecule has 0 fully saturated rings. The van der Waals surface area contributed by atoms with Crippen LogP contribution in [-0.4, -0.2) is 0 Å². The molecule has 1 N–H and O–H groups in total. The maximum atomic E-state index is 3.81. The van der Waals surface area contributed by atoms with Gasteiger partial charge in [-0.2, -0.15) is 0 Å². The lowest BCUT2D eigenvalue weighted by molar-refractivity contribution is 0.638. The van der Waals surface area contributed by atoms with E-state index in [9.17, 15) is 0 Å². The first-order valence-electron chi connectivity index (χ1n) is 16.2. The number of fused-ring (bicyclic) bond motifs is 6. The Balaban J connectivity index is 1.17. The Hall–Kier alpha value is -5.54. The molecule has 0 amide bonds. The van der Waals surface area contributed by atoms with E-state index >= 15 is 0 Å². The van der Waals surface area contributed by atoms with E-state index in [4.69, 9.17) is 0 Å². The van der Waals surface area contributed by atoms with E-state index in [1.54, 1.807) is 0 Å². The lowest BCUT2D eigenvalue weighted by Gasteiger charge is -2.39. The van der Waals surface area contributed by atoms with Gasteiger partial charge in [-0.1, -0.05) is 105 Å². The number of rotatable bonds is 2. The lowest BCUT2D eigenvalue weighted by Crippen LogP contribution is -2.28. The number of para-hydroxylation sites is 3. The van der Waals surface area contributed by atoms with E-state index in [-0.39, 0.29) is 5.41 Å². The highest BCUT2D eigenvalue weighted by Crippen LogP contribution is 2.51. The Bertz CT molecular complexity index is 2110. The molecule has 3 nitrogen and oxygen atoms in total. The van der Waals surface area contributed by atoms with Crippen LogP contribution in [0.5, 0.6) is 0 Å². The minimum atomic E-state index is -0.241. The fourth-order valence-electron chi connectivity index (χ4n) is 7.67. The number of hydrogen-bond donors (Lipinski definition) is 1. The maximum absolute atomic E-state index is 3.81. The molecule has 46 heavy (non-hydrogen) atoms. The Morgan fingerprint density at radius 3 is 1.74 bits per heavy atom. The predicted octanol–water partition coefficient (Wildman–Crippen LogP) is 11.6. The molecule has 1 aliphatic carbocycles. The number of nitrogens with zero attached hydrogens (tertiary/aromatic N) is 2. The molecule has 5 aromatic rings. The van der Waals surface area contributed by atoms with Crippen LogP contribution in [0.2, 0.25) is 0 Å². The zero-order chi connectivity index (χ0) is 30.8. The van der Waals surface area contributed by atoms with Gasteiger partial charge in [-0.3, -0.25) is 0 Å². The van der Waals surface area contributed by atoms with Crippen molar-refractivity contribution < 1.29 is 0 Å². The van der Waals surface area contributed by atoms with Gasteiger partial charge in [-0.15, -0.1) is 0 Å². The summed E-state index contributed by atoms with van der Waals surface area (Å²) >= 11 is 0. The van der Waals surface area contributed by atoms with Crippen LogP contribution in [0.25, 0.3) is 18.2 Å². The van der Waals surface area contributed by atoms with Gasteiger partial charge in [0.25, 0.3) is 0 Å². The smallest absolute Gasteiger partial charge is 0.0534 e. The van der Waals surface area contributed by atoms with E-state index in [0.29, 0.717) is 5.92 Å². The molecular weight excluding hydrogens is 558 g/mol. The number of nitrogens with one attached hydrogen (secondary N) is 1. The Labute approximate surface area is 271 Å². The highest BCUT2D eigenvalue weighted by molar-refractivity contribution is 5.94. The van der Waals surface area contributed by atoms with Crippen molar-refractivity contribution >= 4 is 58.0 Å². The molecule has 4 aliphatic rings. The molecule has 3 heteroatoms. The molecule has 0 aromatic heterocycles. The van der Waals surface area contributed by atoms with Gasteiger partial charge in [0.2, 0.25) is 0 Å². The summed E-state index contributed by atoms with van der Waals surface area (Å²) in [5.74, 6) is 0.344. The summed E-state index contributed by atoms with van der Waals surface area (Å²) in [4.78, 5) is 4.89. The number of hydrogen-bond acceptors (Lipinski definition) is 3. The van der Waals surface area contributed by atoms with Crippen LogP contribution in [-0.2, 0) is 5.41 Å². The molecule has 3 heterocycles. The molecule has 3 aliphatic heterocycles. The number of allylic oxidation sites excluding steroid dienone is 4. The Kier molecular flexibility index (Phi) is 5.98. The fourth-order valence-corrected chi connectivity index (χ4v) is 7.67. The minimum absolute atomic E-state index is 0.241. The van der Waals surface area contributed by atoms with E-state index in [1.165, 1.54) is 62.0 Å². The van der Waals surface area contributed by atoms with Crippen LogP contribution in [0.1, 0.15) is 48.1 Å². The van der Waals surface area contributed by atoms with E-state index in [2.05, 4.69) is 181 Å². The van der Waals surface area contributed by atoms with Crippen molar-refractivity contribution in [2.45, 2.75) is 25.7 Å². The second-order valence-electron chi connectivity index (χ2n) is 13.1. The highest BCUT2D eigenvalue weighted by atomic mass is 15.2. The summed E-state index contributed by atoms with van der Waals surface area (Å²) in [6.45, 7) is 4.74. The molecule has 1 unspecified atom stereocenters. The van der Waals surface area contributed by atoms with Gasteiger partial charge in [0.1, 0.15) is 0 Å². The quantitative estimate of drug-likeness (QED) is 0.215. The molecule has 0 spiro atoms. The van der Waals surface area contributed by atoms with Crippen molar-refractivity contribution in [2.24, 2.45) is 5.92 Å². The Morgan fingerprint density at radius 1 is 0.609 bits per heavy atom. The largest absolute Gasteiger partial charge is 0.355 e. The summed E-state index contributed by atoms with van der Waals surface area (Å²) in [5.41, 5.74) is 15.6. The third-order valence-corrected chi connectivity index (χ3v) is 10.1.